The van der Waals surface area contributed by atoms with Gasteiger partial charge in [-0.05, 0) is 65.5 Å². The number of hydrogen-bond acceptors (Lipinski definition) is 2. The van der Waals surface area contributed by atoms with E-state index in [4.69, 9.17) is 4.99 Å². The Balaban J connectivity index is 1.97. The summed E-state index contributed by atoms with van der Waals surface area (Å²) in [6, 6.07) is 6.99. The highest BCUT2D eigenvalue weighted by molar-refractivity contribution is 5.80. The zero-order valence-electron chi connectivity index (χ0n) is 18.0. The van der Waals surface area contributed by atoms with Crippen molar-refractivity contribution < 1.29 is 0 Å². The van der Waals surface area contributed by atoms with E-state index in [0.29, 0.717) is 0 Å². The molecule has 0 amide bonds. The van der Waals surface area contributed by atoms with Crippen molar-refractivity contribution in [2.24, 2.45) is 12.0 Å². The molecule has 0 fully saturated rings. The predicted octanol–water partition coefficient (Wildman–Crippen LogP) is 3.38. The van der Waals surface area contributed by atoms with Gasteiger partial charge in [-0.3, -0.25) is 9.67 Å². The van der Waals surface area contributed by atoms with Gasteiger partial charge >= 0.3 is 0 Å². The molecule has 1 heterocycles. The summed E-state index contributed by atoms with van der Waals surface area (Å²) >= 11 is 0. The van der Waals surface area contributed by atoms with Crippen LogP contribution in [0.5, 0.6) is 0 Å². The standard InChI is InChI=1S/C22H35N5/c1-8-23-22(24-10-9-20-12-15(2)11-16(3)13-20)25-17(4)14-21-18(5)26-27(7)19(21)6/h11-13,17H,8-10,14H2,1-7H3,(H2,23,24,25). The molecule has 148 valence electrons. The average molecular weight is 370 g/mol. The molecule has 2 N–H and O–H groups in total. The number of guanidine groups is 1. The minimum Gasteiger partial charge on any atom is -0.357 e. The number of nitrogens with zero attached hydrogens (tertiary/aromatic N) is 3. The lowest BCUT2D eigenvalue weighted by Gasteiger charge is -2.18. The molecule has 0 saturated heterocycles. The third-order valence-corrected chi connectivity index (χ3v) is 4.85. The second kappa shape index (κ2) is 9.58. The molecular formula is C22H35N5. The van der Waals surface area contributed by atoms with Gasteiger partial charge in [0.1, 0.15) is 0 Å². The molecule has 0 radical (unpaired) electrons. The van der Waals surface area contributed by atoms with E-state index in [1.165, 1.54) is 27.9 Å². The van der Waals surface area contributed by atoms with Crippen molar-refractivity contribution in [1.29, 1.82) is 0 Å². The van der Waals surface area contributed by atoms with E-state index in [9.17, 15) is 0 Å². The molecule has 2 aromatic rings. The van der Waals surface area contributed by atoms with Crippen LogP contribution < -0.4 is 10.6 Å². The Hall–Kier alpha value is -2.30. The molecule has 0 spiro atoms. The SMILES string of the molecule is CCNC(=NCCc1cc(C)cc(C)c1)NC(C)Cc1c(C)nn(C)c1C. The second-order valence-electron chi connectivity index (χ2n) is 7.53. The molecule has 27 heavy (non-hydrogen) atoms. The quantitative estimate of drug-likeness (QED) is 0.581. The van der Waals surface area contributed by atoms with E-state index < -0.39 is 0 Å². The van der Waals surface area contributed by atoms with Crippen molar-refractivity contribution in [2.75, 3.05) is 13.1 Å². The van der Waals surface area contributed by atoms with Gasteiger partial charge in [-0.15, -0.1) is 0 Å². The molecule has 1 unspecified atom stereocenters. The molecule has 1 aromatic carbocycles. The topological polar surface area (TPSA) is 54.2 Å². The average Bonchev–Trinajstić information content (AvgIpc) is 2.80. The Morgan fingerprint density at radius 1 is 1.15 bits per heavy atom. The summed E-state index contributed by atoms with van der Waals surface area (Å²) in [6.45, 7) is 14.4. The van der Waals surface area contributed by atoms with Gasteiger partial charge in [-0.25, -0.2) is 0 Å². The van der Waals surface area contributed by atoms with Crippen molar-refractivity contribution in [2.45, 2.75) is 60.4 Å². The molecular weight excluding hydrogens is 334 g/mol. The summed E-state index contributed by atoms with van der Waals surface area (Å²) < 4.78 is 1.96. The monoisotopic (exact) mass is 369 g/mol. The fraction of sp³-hybridized carbons (Fsp3) is 0.545. The summed E-state index contributed by atoms with van der Waals surface area (Å²) in [6.07, 6.45) is 1.89. The van der Waals surface area contributed by atoms with E-state index in [-0.39, 0.29) is 6.04 Å². The minimum absolute atomic E-state index is 0.283. The number of hydrogen-bond donors (Lipinski definition) is 2. The van der Waals surface area contributed by atoms with Crippen LogP contribution in [0.1, 0.15) is 47.5 Å². The normalized spacial score (nSPS) is 12.9. The number of benzene rings is 1. The Morgan fingerprint density at radius 2 is 1.81 bits per heavy atom. The largest absolute Gasteiger partial charge is 0.357 e. The Bertz CT molecular complexity index is 768. The van der Waals surface area contributed by atoms with Gasteiger partial charge < -0.3 is 10.6 Å². The van der Waals surface area contributed by atoms with E-state index in [2.05, 4.69) is 75.5 Å². The maximum atomic E-state index is 4.77. The summed E-state index contributed by atoms with van der Waals surface area (Å²) in [5.41, 5.74) is 7.65. The van der Waals surface area contributed by atoms with Crippen LogP contribution in [-0.2, 0) is 19.9 Å². The van der Waals surface area contributed by atoms with Crippen LogP contribution >= 0.6 is 0 Å². The van der Waals surface area contributed by atoms with Crippen LogP contribution in [0.25, 0.3) is 0 Å². The van der Waals surface area contributed by atoms with Gasteiger partial charge in [0.2, 0.25) is 0 Å². The smallest absolute Gasteiger partial charge is 0.191 e. The maximum Gasteiger partial charge on any atom is 0.191 e. The lowest BCUT2D eigenvalue weighted by Crippen LogP contribution is -2.43. The first kappa shape index (κ1) is 21.0. The van der Waals surface area contributed by atoms with Gasteiger partial charge in [0.05, 0.1) is 5.69 Å². The molecule has 0 aliphatic heterocycles. The van der Waals surface area contributed by atoms with Crippen molar-refractivity contribution in [1.82, 2.24) is 20.4 Å². The number of aromatic nitrogens is 2. The second-order valence-corrected chi connectivity index (χ2v) is 7.53. The third-order valence-electron chi connectivity index (χ3n) is 4.85. The van der Waals surface area contributed by atoms with E-state index in [1.54, 1.807) is 0 Å². The molecule has 0 bridgehead atoms. The number of aryl methyl sites for hydroxylation is 4. The van der Waals surface area contributed by atoms with Crippen LogP contribution in [0.2, 0.25) is 0 Å². The van der Waals surface area contributed by atoms with Crippen molar-refractivity contribution >= 4 is 5.96 Å². The van der Waals surface area contributed by atoms with Gasteiger partial charge in [0.15, 0.2) is 5.96 Å². The van der Waals surface area contributed by atoms with Crippen molar-refractivity contribution in [3.63, 3.8) is 0 Å². The van der Waals surface area contributed by atoms with Crippen LogP contribution in [0.15, 0.2) is 23.2 Å². The molecule has 1 atom stereocenters. The fourth-order valence-corrected chi connectivity index (χ4v) is 3.53. The Morgan fingerprint density at radius 3 is 2.37 bits per heavy atom. The van der Waals surface area contributed by atoms with E-state index in [1.807, 2.05) is 11.7 Å². The first-order valence-electron chi connectivity index (χ1n) is 9.91. The number of rotatable bonds is 7. The number of aliphatic imine (C=N–C) groups is 1. The minimum atomic E-state index is 0.283. The third kappa shape index (κ3) is 6.12. The highest BCUT2D eigenvalue weighted by atomic mass is 15.3. The van der Waals surface area contributed by atoms with Crippen LogP contribution in [0, 0.1) is 27.7 Å². The zero-order chi connectivity index (χ0) is 20.0. The van der Waals surface area contributed by atoms with E-state index >= 15 is 0 Å². The predicted molar refractivity (Wildman–Crippen MR) is 115 cm³/mol. The number of nitrogens with one attached hydrogen (secondary N) is 2. The summed E-state index contributed by atoms with van der Waals surface area (Å²) in [7, 11) is 2.00. The highest BCUT2D eigenvalue weighted by Crippen LogP contribution is 2.14. The van der Waals surface area contributed by atoms with Gasteiger partial charge in [0, 0.05) is 31.9 Å². The lowest BCUT2D eigenvalue weighted by atomic mass is 10.1. The molecule has 5 heteroatoms. The maximum absolute atomic E-state index is 4.77. The van der Waals surface area contributed by atoms with Crippen LogP contribution in [0.3, 0.4) is 0 Å². The lowest BCUT2D eigenvalue weighted by molar-refractivity contribution is 0.635. The van der Waals surface area contributed by atoms with Gasteiger partial charge in [-0.2, -0.15) is 5.10 Å². The van der Waals surface area contributed by atoms with Crippen LogP contribution in [-0.4, -0.2) is 34.9 Å². The molecule has 1 aromatic heterocycles. The Kier molecular flexibility index (Phi) is 7.45. The summed E-state index contributed by atoms with van der Waals surface area (Å²) in [5, 5.41) is 11.4. The molecule has 0 aliphatic carbocycles. The molecule has 0 aliphatic rings. The van der Waals surface area contributed by atoms with Gasteiger partial charge in [0.25, 0.3) is 0 Å². The highest BCUT2D eigenvalue weighted by Gasteiger charge is 2.14. The summed E-state index contributed by atoms with van der Waals surface area (Å²) in [5.74, 6) is 0.883. The molecule has 5 nitrogen and oxygen atoms in total. The Labute approximate surface area is 164 Å². The summed E-state index contributed by atoms with van der Waals surface area (Å²) in [4.78, 5) is 4.77. The van der Waals surface area contributed by atoms with Crippen LogP contribution in [0.4, 0.5) is 0 Å². The van der Waals surface area contributed by atoms with Crippen molar-refractivity contribution in [3.8, 4) is 0 Å². The molecule has 0 saturated carbocycles. The molecule has 2 rings (SSSR count). The fourth-order valence-electron chi connectivity index (χ4n) is 3.53. The van der Waals surface area contributed by atoms with Crippen molar-refractivity contribution in [3.05, 3.63) is 51.8 Å². The zero-order valence-corrected chi connectivity index (χ0v) is 18.0. The van der Waals surface area contributed by atoms with Gasteiger partial charge in [-0.1, -0.05) is 29.3 Å². The van der Waals surface area contributed by atoms with E-state index in [0.717, 1.165) is 37.6 Å². The first-order chi connectivity index (χ1) is 12.8. The first-order valence-corrected chi connectivity index (χ1v) is 9.91.